The molecule has 1 aromatic carbocycles. The number of hydrogen-bond acceptors (Lipinski definition) is 7. The number of pyridine rings is 2. The molecule has 42 heavy (non-hydrogen) atoms. The van der Waals surface area contributed by atoms with Crippen molar-refractivity contribution >= 4 is 45.0 Å². The average Bonchev–Trinajstić information content (AvgIpc) is 3.39. The molecule has 218 valence electrons. The molecule has 1 fully saturated rings. The first-order valence-corrected chi connectivity index (χ1v) is 14.2. The third kappa shape index (κ3) is 6.37. The Labute approximate surface area is 244 Å². The Morgan fingerprint density at radius 1 is 1.10 bits per heavy atom. The first kappa shape index (κ1) is 29.4. The molecule has 1 saturated heterocycles. The summed E-state index contributed by atoms with van der Waals surface area (Å²) in [5, 5.41) is 10.9. The van der Waals surface area contributed by atoms with E-state index in [1.165, 1.54) is 11.1 Å². The van der Waals surface area contributed by atoms with Crippen molar-refractivity contribution in [2.24, 2.45) is 0 Å². The summed E-state index contributed by atoms with van der Waals surface area (Å²) in [5.41, 5.74) is 6.50. The number of nitrogen functional groups attached to an aromatic ring is 1. The fourth-order valence-corrected chi connectivity index (χ4v) is 6.03. The predicted octanol–water partition coefficient (Wildman–Crippen LogP) is 5.99. The van der Waals surface area contributed by atoms with Crippen LogP contribution in [0.15, 0.2) is 60.9 Å². The molecule has 1 aliphatic heterocycles. The lowest BCUT2D eigenvalue weighted by atomic mass is 9.90. The van der Waals surface area contributed by atoms with Crippen molar-refractivity contribution in [1.82, 2.24) is 14.9 Å². The van der Waals surface area contributed by atoms with Crippen molar-refractivity contribution in [3.8, 4) is 11.3 Å². The van der Waals surface area contributed by atoms with Crippen molar-refractivity contribution in [3.05, 3.63) is 82.5 Å². The second-order valence-corrected chi connectivity index (χ2v) is 11.6. The monoisotopic (exact) mass is 594 g/mol. The summed E-state index contributed by atoms with van der Waals surface area (Å²) in [6.07, 6.45) is 1.48. The summed E-state index contributed by atoms with van der Waals surface area (Å²) in [6, 6.07) is 12.9. The minimum absolute atomic E-state index is 0.0149. The van der Waals surface area contributed by atoms with Crippen LogP contribution in [0.5, 0.6) is 0 Å². The Bertz CT molecular complexity index is 1640. The minimum Gasteiger partial charge on any atom is -0.384 e. The van der Waals surface area contributed by atoms with Gasteiger partial charge in [-0.3, -0.25) is 14.6 Å². The van der Waals surface area contributed by atoms with Gasteiger partial charge in [0.15, 0.2) is 11.4 Å². The number of carbonyl (C=O) groups excluding carboxylic acids is 2. The van der Waals surface area contributed by atoms with Crippen molar-refractivity contribution < 1.29 is 27.9 Å². The number of aryl methyl sites for hydroxylation is 2. The van der Waals surface area contributed by atoms with E-state index in [2.05, 4.69) is 16.0 Å². The van der Waals surface area contributed by atoms with Gasteiger partial charge in [-0.15, -0.1) is 11.3 Å². The number of thiophene rings is 1. The first-order chi connectivity index (χ1) is 19.9. The number of anilines is 1. The number of benzene rings is 1. The van der Waals surface area contributed by atoms with Gasteiger partial charge in [0.25, 0.3) is 5.91 Å². The number of ketones is 1. The fraction of sp³-hybridized carbons (Fsp3) is 0.290. The van der Waals surface area contributed by atoms with Gasteiger partial charge >= 0.3 is 6.18 Å². The van der Waals surface area contributed by atoms with E-state index in [1.54, 1.807) is 54.0 Å². The van der Waals surface area contributed by atoms with Gasteiger partial charge in [0, 0.05) is 59.9 Å². The molecule has 3 aromatic heterocycles. The number of nitrogens with zero attached hydrogens (tertiary/aromatic N) is 3. The summed E-state index contributed by atoms with van der Waals surface area (Å²) in [6.45, 7) is 1.64. The number of carbonyl (C=O) groups is 2. The molecule has 0 spiro atoms. The molecule has 0 radical (unpaired) electrons. The number of rotatable bonds is 7. The molecule has 4 aromatic rings. The zero-order valence-corrected chi connectivity index (χ0v) is 23.6. The van der Waals surface area contributed by atoms with Gasteiger partial charge in [-0.2, -0.15) is 13.2 Å². The zero-order chi connectivity index (χ0) is 30.1. The molecule has 11 heteroatoms. The van der Waals surface area contributed by atoms with Crippen LogP contribution >= 0.6 is 11.3 Å². The molecule has 0 bridgehead atoms. The van der Waals surface area contributed by atoms with Gasteiger partial charge in [-0.25, -0.2) is 4.98 Å². The van der Waals surface area contributed by atoms with E-state index in [0.717, 1.165) is 31.7 Å². The Kier molecular flexibility index (Phi) is 8.16. The number of alkyl halides is 3. The molecule has 0 atom stereocenters. The SMILES string of the molecule is Cc1cc(-c2ccc(C(=O)N3CCC(O)(C(F)(F)F)CC3)cn2)cc2cc(CCC(=O)/C=C/c3ccc(N)nc3)sc12. The van der Waals surface area contributed by atoms with Gasteiger partial charge in [-0.1, -0.05) is 0 Å². The molecule has 5 rings (SSSR count). The van der Waals surface area contributed by atoms with Gasteiger partial charge in [0.05, 0.1) is 11.3 Å². The van der Waals surface area contributed by atoms with Crippen molar-refractivity contribution in [3.63, 3.8) is 0 Å². The van der Waals surface area contributed by atoms with Gasteiger partial charge in [0.2, 0.25) is 0 Å². The van der Waals surface area contributed by atoms with Crippen LogP contribution in [0.4, 0.5) is 19.0 Å². The van der Waals surface area contributed by atoms with E-state index in [-0.39, 0.29) is 24.4 Å². The van der Waals surface area contributed by atoms with Crippen LogP contribution in [-0.2, 0) is 11.2 Å². The maximum absolute atomic E-state index is 13.1. The lowest BCUT2D eigenvalue weighted by molar-refractivity contribution is -0.271. The quantitative estimate of drug-likeness (QED) is 0.254. The highest BCUT2D eigenvalue weighted by molar-refractivity contribution is 7.19. The molecule has 3 N–H and O–H groups in total. The summed E-state index contributed by atoms with van der Waals surface area (Å²) in [7, 11) is 0. The largest absolute Gasteiger partial charge is 0.417 e. The molecule has 1 amide bonds. The van der Waals surface area contributed by atoms with Crippen molar-refractivity contribution in [1.29, 1.82) is 0 Å². The first-order valence-electron chi connectivity index (χ1n) is 13.4. The summed E-state index contributed by atoms with van der Waals surface area (Å²) >= 11 is 1.65. The van der Waals surface area contributed by atoms with Crippen LogP contribution < -0.4 is 5.73 Å². The summed E-state index contributed by atoms with van der Waals surface area (Å²) < 4.78 is 40.4. The third-order valence-electron chi connectivity index (χ3n) is 7.45. The minimum atomic E-state index is -4.72. The Balaban J connectivity index is 1.23. The van der Waals surface area contributed by atoms with Gasteiger partial charge < -0.3 is 15.7 Å². The van der Waals surface area contributed by atoms with Gasteiger partial charge in [0.1, 0.15) is 5.82 Å². The Hall–Kier alpha value is -4.09. The standard InChI is InChI=1S/C31H29F3N4O3S/c1-19-14-22(26-8-4-21(18-36-26)29(40)38-12-10-30(41,11-13-38)31(32,33)34)15-23-16-25(42-28(19)23)7-6-24(39)5-2-20-3-9-27(35)37-17-20/h2-5,8-9,14-18,41H,6-7,10-13H2,1H3,(H2,35,37)/b5-2+. The second-order valence-electron chi connectivity index (χ2n) is 10.5. The number of allylic oxidation sites excluding steroid dienone is 1. The van der Waals surface area contributed by atoms with Crippen molar-refractivity contribution in [2.75, 3.05) is 18.8 Å². The molecule has 1 aliphatic rings. The number of hydrogen-bond donors (Lipinski definition) is 2. The molecule has 7 nitrogen and oxygen atoms in total. The highest BCUT2D eigenvalue weighted by atomic mass is 32.1. The Morgan fingerprint density at radius 3 is 2.50 bits per heavy atom. The molecular weight excluding hydrogens is 565 g/mol. The number of piperidine rings is 1. The van der Waals surface area contributed by atoms with Crippen LogP contribution in [0.1, 0.15) is 45.6 Å². The molecule has 0 saturated carbocycles. The number of amides is 1. The van der Waals surface area contributed by atoms with E-state index in [1.807, 2.05) is 19.1 Å². The van der Waals surface area contributed by atoms with E-state index in [9.17, 15) is 27.9 Å². The number of aromatic nitrogens is 2. The molecular formula is C31H29F3N4O3S. The van der Waals surface area contributed by atoms with Crippen LogP contribution in [0.25, 0.3) is 27.4 Å². The number of aliphatic hydroxyl groups is 1. The maximum Gasteiger partial charge on any atom is 0.417 e. The Morgan fingerprint density at radius 2 is 1.86 bits per heavy atom. The van der Waals surface area contributed by atoms with Crippen LogP contribution in [0.2, 0.25) is 0 Å². The zero-order valence-electron chi connectivity index (χ0n) is 22.8. The second kappa shape index (κ2) is 11.7. The van der Waals surface area contributed by atoms with Crippen LogP contribution in [0, 0.1) is 6.92 Å². The van der Waals surface area contributed by atoms with E-state index >= 15 is 0 Å². The van der Waals surface area contributed by atoms with Crippen molar-refractivity contribution in [2.45, 2.75) is 44.4 Å². The number of nitrogens with two attached hydrogens (primary N) is 1. The number of halogens is 3. The lowest BCUT2D eigenvalue weighted by Gasteiger charge is -2.39. The average molecular weight is 595 g/mol. The van der Waals surface area contributed by atoms with Crippen LogP contribution in [0.3, 0.4) is 0 Å². The van der Waals surface area contributed by atoms with E-state index in [4.69, 9.17) is 5.73 Å². The normalized spacial score (nSPS) is 15.4. The topological polar surface area (TPSA) is 109 Å². The smallest absolute Gasteiger partial charge is 0.384 e. The molecule has 0 aliphatic carbocycles. The van der Waals surface area contributed by atoms with Crippen LogP contribution in [-0.4, -0.2) is 56.5 Å². The maximum atomic E-state index is 13.1. The third-order valence-corrected chi connectivity index (χ3v) is 8.80. The predicted molar refractivity (Wildman–Crippen MR) is 157 cm³/mol. The van der Waals surface area contributed by atoms with E-state index in [0.29, 0.717) is 24.4 Å². The molecule has 4 heterocycles. The fourth-order valence-electron chi connectivity index (χ4n) is 4.92. The molecule has 0 unspecified atom stereocenters. The van der Waals surface area contributed by atoms with E-state index < -0.39 is 30.5 Å². The highest BCUT2D eigenvalue weighted by Gasteiger charge is 2.54. The van der Waals surface area contributed by atoms with Gasteiger partial charge in [-0.05, 0) is 84.5 Å². The lowest BCUT2D eigenvalue weighted by Crippen LogP contribution is -2.54. The summed E-state index contributed by atoms with van der Waals surface area (Å²) in [5.74, 6) is 0.0239. The number of fused-ring (bicyclic) bond motifs is 1. The summed E-state index contributed by atoms with van der Waals surface area (Å²) in [4.78, 5) is 36.1. The highest BCUT2D eigenvalue weighted by Crippen LogP contribution is 2.38. The number of likely N-dealkylation sites (tertiary alicyclic amines) is 1.